The van der Waals surface area contributed by atoms with Crippen LogP contribution in [0.25, 0.3) is 11.3 Å². The lowest BCUT2D eigenvalue weighted by Crippen LogP contribution is -2.62. The highest BCUT2D eigenvalue weighted by Gasteiger charge is 2.66. The summed E-state index contributed by atoms with van der Waals surface area (Å²) in [7, 11) is 0. The number of amides is 1. The summed E-state index contributed by atoms with van der Waals surface area (Å²) in [5.41, 5.74) is 1.34. The molecule has 1 amide bonds. The Morgan fingerprint density at radius 3 is 2.64 bits per heavy atom. The first-order valence-electron chi connectivity index (χ1n) is 11.1. The maximum Gasteiger partial charge on any atom is 0.286 e. The minimum absolute atomic E-state index is 0.110. The van der Waals surface area contributed by atoms with Gasteiger partial charge < -0.3 is 9.45 Å². The minimum Gasteiger partial charge on any atom is -0.598 e. The van der Waals surface area contributed by atoms with Crippen molar-refractivity contribution in [1.82, 2.24) is 14.6 Å². The molecule has 1 aromatic heterocycles. The van der Waals surface area contributed by atoms with Crippen molar-refractivity contribution in [2.45, 2.75) is 50.6 Å². The maximum atomic E-state index is 15.6. The van der Waals surface area contributed by atoms with Gasteiger partial charge in [0, 0.05) is 23.1 Å². The molecule has 1 saturated heterocycles. The molecule has 0 spiro atoms. The first-order chi connectivity index (χ1) is 15.6. The van der Waals surface area contributed by atoms with E-state index in [1.54, 1.807) is 36.5 Å². The van der Waals surface area contributed by atoms with Crippen LogP contribution in [0.5, 0.6) is 0 Å². The number of pyridine rings is 1. The third kappa shape index (κ3) is 3.84. The summed E-state index contributed by atoms with van der Waals surface area (Å²) in [6.07, 6.45) is 4.98. The summed E-state index contributed by atoms with van der Waals surface area (Å²) in [5.74, 6) is -3.58. The molecule has 3 atom stereocenters. The van der Waals surface area contributed by atoms with Crippen LogP contribution in [0.15, 0.2) is 36.5 Å². The van der Waals surface area contributed by atoms with Crippen LogP contribution in [0.4, 0.5) is 13.2 Å². The number of likely N-dealkylation sites (tertiary alicyclic amines) is 1. The average molecular weight is 478 g/mol. The molecular weight excluding hydrogens is 451 g/mol. The van der Waals surface area contributed by atoms with Gasteiger partial charge in [0.25, 0.3) is 5.92 Å². The lowest BCUT2D eigenvalue weighted by molar-refractivity contribution is -0.178. The molecule has 1 aromatic carbocycles. The monoisotopic (exact) mass is 477 g/mol. The van der Waals surface area contributed by atoms with Crippen LogP contribution < -0.4 is 4.72 Å². The largest absolute Gasteiger partial charge is 0.598 e. The van der Waals surface area contributed by atoms with Crippen LogP contribution >= 0.6 is 0 Å². The summed E-state index contributed by atoms with van der Waals surface area (Å²) < 4.78 is 60.0. The van der Waals surface area contributed by atoms with Gasteiger partial charge in [-0.15, -0.1) is 4.72 Å². The second kappa shape index (κ2) is 7.99. The van der Waals surface area contributed by atoms with Gasteiger partial charge >= 0.3 is 0 Å². The third-order valence-electron chi connectivity index (χ3n) is 7.37. The fourth-order valence-corrected chi connectivity index (χ4v) is 6.27. The zero-order valence-corrected chi connectivity index (χ0v) is 19.3. The van der Waals surface area contributed by atoms with Crippen molar-refractivity contribution in [1.29, 1.82) is 0 Å². The Kier molecular flexibility index (Phi) is 5.49. The minimum atomic E-state index is -3.28. The highest BCUT2D eigenvalue weighted by atomic mass is 32.2. The Bertz CT molecular complexity index is 1080. The molecule has 176 valence electrons. The van der Waals surface area contributed by atoms with Crippen LogP contribution in [-0.2, 0) is 22.6 Å². The molecule has 3 saturated carbocycles. The first-order valence-corrected chi connectivity index (χ1v) is 12.6. The number of nitrogens with one attached hydrogen (secondary N) is 1. The zero-order valence-electron chi connectivity index (χ0n) is 18.5. The van der Waals surface area contributed by atoms with Gasteiger partial charge in [-0.2, -0.15) is 0 Å². The standard InChI is InChI=1S/C24H26F3N3O2S/c1-14-6-7-28-18(8-14)17-5-3-4-16(20(17)25)9-19-21(29-33(2)32)24(26,27)13-30(19)22(31)23-10-15(11-23)12-23/h3-8,15,19,21,29H,9-13H2,1-2H3/t15?,19-,21+,23?,33?/m0/s1. The fourth-order valence-electron chi connectivity index (χ4n) is 5.59. The van der Waals surface area contributed by atoms with E-state index in [4.69, 9.17) is 0 Å². The maximum absolute atomic E-state index is 15.6. The van der Waals surface area contributed by atoms with Crippen molar-refractivity contribution in [2.75, 3.05) is 12.8 Å². The smallest absolute Gasteiger partial charge is 0.286 e. The van der Waals surface area contributed by atoms with Crippen LogP contribution in [0, 0.1) is 24.1 Å². The van der Waals surface area contributed by atoms with Crippen LogP contribution in [0.1, 0.15) is 30.4 Å². The van der Waals surface area contributed by atoms with E-state index < -0.39 is 47.1 Å². The molecule has 5 nitrogen and oxygen atoms in total. The van der Waals surface area contributed by atoms with E-state index in [1.807, 2.05) is 6.92 Å². The number of nitrogens with zero attached hydrogens (tertiary/aromatic N) is 2. The molecule has 1 aliphatic heterocycles. The molecule has 3 aliphatic carbocycles. The Morgan fingerprint density at radius 1 is 1.30 bits per heavy atom. The van der Waals surface area contributed by atoms with Crippen molar-refractivity contribution in [3.8, 4) is 11.3 Å². The second-order valence-electron chi connectivity index (χ2n) is 9.77. The van der Waals surface area contributed by atoms with Gasteiger partial charge in [0.15, 0.2) is 0 Å². The number of hydrogen-bond donors (Lipinski definition) is 1. The van der Waals surface area contributed by atoms with Gasteiger partial charge in [0.2, 0.25) is 5.91 Å². The molecule has 2 aromatic rings. The number of rotatable bonds is 6. The SMILES string of the molecule is Cc1ccnc(-c2cccc(C[C@H]3[C@@H](N[S+](C)[O-])C(F)(F)CN3C(=O)C34CC(C3)C4)c2F)c1. The predicted octanol–water partition coefficient (Wildman–Crippen LogP) is 3.64. The molecule has 6 rings (SSSR count). The summed E-state index contributed by atoms with van der Waals surface area (Å²) in [6.45, 7) is 1.13. The Balaban J connectivity index is 1.49. The number of hydrogen-bond acceptors (Lipinski definition) is 4. The van der Waals surface area contributed by atoms with Crippen LogP contribution in [0.3, 0.4) is 0 Å². The van der Waals surface area contributed by atoms with Gasteiger partial charge in [-0.3, -0.25) is 9.78 Å². The lowest BCUT2D eigenvalue weighted by Gasteiger charge is -2.61. The van der Waals surface area contributed by atoms with E-state index in [0.29, 0.717) is 11.6 Å². The molecular formula is C24H26F3N3O2S. The van der Waals surface area contributed by atoms with E-state index in [2.05, 4.69) is 9.71 Å². The normalized spacial score (nSPS) is 30.5. The van der Waals surface area contributed by atoms with Gasteiger partial charge in [0.1, 0.15) is 18.1 Å². The topological polar surface area (TPSA) is 68.3 Å². The Labute approximate surface area is 194 Å². The molecule has 33 heavy (non-hydrogen) atoms. The number of aromatic nitrogens is 1. The molecule has 9 heteroatoms. The second-order valence-corrected chi connectivity index (χ2v) is 10.9. The van der Waals surface area contributed by atoms with E-state index in [0.717, 1.165) is 24.8 Å². The van der Waals surface area contributed by atoms with Crippen molar-refractivity contribution in [3.63, 3.8) is 0 Å². The van der Waals surface area contributed by atoms with Crippen LogP contribution in [-0.4, -0.2) is 51.2 Å². The number of benzene rings is 1. The molecule has 0 radical (unpaired) electrons. The zero-order chi connectivity index (χ0) is 23.5. The Hall–Kier alpha value is -2.10. The molecule has 4 fully saturated rings. The van der Waals surface area contributed by atoms with Crippen molar-refractivity contribution in [3.05, 3.63) is 53.5 Å². The van der Waals surface area contributed by atoms with E-state index >= 15 is 13.2 Å². The lowest BCUT2D eigenvalue weighted by atomic mass is 9.44. The van der Waals surface area contributed by atoms with Gasteiger partial charge in [-0.05, 0) is 67.9 Å². The predicted molar refractivity (Wildman–Crippen MR) is 119 cm³/mol. The third-order valence-corrected chi connectivity index (χ3v) is 7.95. The van der Waals surface area contributed by atoms with Crippen molar-refractivity contribution < 1.29 is 22.5 Å². The highest BCUT2D eigenvalue weighted by Crippen LogP contribution is 2.65. The van der Waals surface area contributed by atoms with Crippen molar-refractivity contribution >= 4 is 17.3 Å². The number of carbonyl (C=O) groups is 1. The van der Waals surface area contributed by atoms with E-state index in [9.17, 15) is 9.35 Å². The van der Waals surface area contributed by atoms with Crippen molar-refractivity contribution in [2.24, 2.45) is 11.3 Å². The summed E-state index contributed by atoms with van der Waals surface area (Å²) in [6, 6.07) is 5.84. The molecule has 2 bridgehead atoms. The number of carbonyl (C=O) groups excluding carboxylic acids is 1. The van der Waals surface area contributed by atoms with E-state index in [1.165, 1.54) is 11.2 Å². The van der Waals surface area contributed by atoms with Crippen LogP contribution in [0.2, 0.25) is 0 Å². The molecule has 1 N–H and O–H groups in total. The summed E-state index contributed by atoms with van der Waals surface area (Å²) >= 11 is -1.72. The number of halogens is 3. The van der Waals surface area contributed by atoms with E-state index in [-0.39, 0.29) is 23.5 Å². The average Bonchev–Trinajstić information content (AvgIpc) is 2.91. The van der Waals surface area contributed by atoms with Gasteiger partial charge in [-0.1, -0.05) is 12.1 Å². The molecule has 1 unspecified atom stereocenters. The summed E-state index contributed by atoms with van der Waals surface area (Å²) in [5, 5.41) is 0. The quantitative estimate of drug-likeness (QED) is 0.646. The van der Waals surface area contributed by atoms with Gasteiger partial charge in [0.05, 0.1) is 23.7 Å². The molecule has 4 aliphatic rings. The van der Waals surface area contributed by atoms with Gasteiger partial charge in [-0.25, -0.2) is 13.2 Å². The molecule has 2 heterocycles. The first kappa shape index (κ1) is 22.7. The Morgan fingerprint density at radius 2 is 2.03 bits per heavy atom. The fraction of sp³-hybridized carbons (Fsp3) is 0.500. The summed E-state index contributed by atoms with van der Waals surface area (Å²) in [4.78, 5) is 18.8. The number of alkyl halides is 2. The number of aryl methyl sites for hydroxylation is 1. The highest BCUT2D eigenvalue weighted by molar-refractivity contribution is 7.88.